The Kier molecular flexibility index (Phi) is 4.73. The molecule has 1 aromatic heterocycles. The van der Waals surface area contributed by atoms with Crippen LogP contribution in [0.25, 0.3) is 0 Å². The molecule has 0 aliphatic carbocycles. The Bertz CT molecular complexity index is 404. The van der Waals surface area contributed by atoms with E-state index in [1.165, 1.54) is 12.8 Å². The Morgan fingerprint density at radius 2 is 2.00 bits per heavy atom. The number of rotatable bonds is 5. The number of nitrogens with zero attached hydrogens (tertiary/aromatic N) is 2. The number of anilines is 1. The second kappa shape index (κ2) is 5.84. The van der Waals surface area contributed by atoms with Gasteiger partial charge in [0.25, 0.3) is 0 Å². The Labute approximate surface area is 103 Å². The Balaban J connectivity index is 2.29. The van der Waals surface area contributed by atoms with Crippen LogP contribution in [-0.2, 0) is 6.54 Å². The van der Waals surface area contributed by atoms with Gasteiger partial charge < -0.3 is 5.73 Å². The summed E-state index contributed by atoms with van der Waals surface area (Å²) >= 11 is 0. The number of hydrogen-bond acceptors (Lipinski definition) is 3. The third-order valence-corrected chi connectivity index (χ3v) is 2.72. The summed E-state index contributed by atoms with van der Waals surface area (Å²) in [7, 11) is 0. The van der Waals surface area contributed by atoms with Gasteiger partial charge in [-0.05, 0) is 24.3 Å². The number of aryl methyl sites for hydroxylation is 1. The van der Waals surface area contributed by atoms with E-state index in [9.17, 15) is 4.79 Å². The highest BCUT2D eigenvalue weighted by Crippen LogP contribution is 2.21. The van der Waals surface area contributed by atoms with Gasteiger partial charge in [0, 0.05) is 12.7 Å². The van der Waals surface area contributed by atoms with Crippen LogP contribution in [0.4, 0.5) is 5.82 Å². The molecule has 0 saturated carbocycles. The minimum absolute atomic E-state index is 0.249. The SMILES string of the molecule is CC(C)(C)CCCCCn1ccc(N)nc1=O. The fourth-order valence-corrected chi connectivity index (χ4v) is 1.73. The van der Waals surface area contributed by atoms with Crippen molar-refractivity contribution in [1.82, 2.24) is 9.55 Å². The van der Waals surface area contributed by atoms with Crippen molar-refractivity contribution in [3.63, 3.8) is 0 Å². The summed E-state index contributed by atoms with van der Waals surface area (Å²) in [5.74, 6) is 0.291. The molecular formula is C13H23N3O. The summed E-state index contributed by atoms with van der Waals surface area (Å²) in [4.78, 5) is 15.1. The summed E-state index contributed by atoms with van der Waals surface area (Å²) in [6.45, 7) is 7.49. The van der Waals surface area contributed by atoms with Crippen LogP contribution in [0, 0.1) is 5.41 Å². The number of unbranched alkanes of at least 4 members (excludes halogenated alkanes) is 2. The first-order valence-corrected chi connectivity index (χ1v) is 6.21. The molecular weight excluding hydrogens is 214 g/mol. The van der Waals surface area contributed by atoms with Crippen LogP contribution in [0.3, 0.4) is 0 Å². The predicted molar refractivity (Wildman–Crippen MR) is 70.8 cm³/mol. The normalized spacial score (nSPS) is 11.7. The van der Waals surface area contributed by atoms with Gasteiger partial charge in [0.05, 0.1) is 0 Å². The Hall–Kier alpha value is -1.32. The van der Waals surface area contributed by atoms with Crippen molar-refractivity contribution < 1.29 is 0 Å². The van der Waals surface area contributed by atoms with Crippen LogP contribution in [0.5, 0.6) is 0 Å². The summed E-state index contributed by atoms with van der Waals surface area (Å²) in [6.07, 6.45) is 6.31. The topological polar surface area (TPSA) is 60.9 Å². The smallest absolute Gasteiger partial charge is 0.349 e. The van der Waals surface area contributed by atoms with Gasteiger partial charge in [0.2, 0.25) is 0 Å². The summed E-state index contributed by atoms with van der Waals surface area (Å²) in [6, 6.07) is 1.66. The van der Waals surface area contributed by atoms with Crippen molar-refractivity contribution >= 4 is 5.82 Å². The summed E-state index contributed by atoms with van der Waals surface area (Å²) in [5, 5.41) is 0. The van der Waals surface area contributed by atoms with Crippen LogP contribution in [0.1, 0.15) is 46.5 Å². The van der Waals surface area contributed by atoms with E-state index >= 15 is 0 Å². The molecule has 0 aliphatic rings. The van der Waals surface area contributed by atoms with Crippen LogP contribution >= 0.6 is 0 Å². The quantitative estimate of drug-likeness (QED) is 0.800. The van der Waals surface area contributed by atoms with Gasteiger partial charge in [-0.2, -0.15) is 4.98 Å². The highest BCUT2D eigenvalue weighted by molar-refractivity contribution is 5.23. The van der Waals surface area contributed by atoms with Crippen molar-refractivity contribution in [3.05, 3.63) is 22.7 Å². The van der Waals surface area contributed by atoms with Crippen molar-refractivity contribution in [1.29, 1.82) is 0 Å². The maximum absolute atomic E-state index is 11.4. The van der Waals surface area contributed by atoms with E-state index in [2.05, 4.69) is 25.8 Å². The second-order valence-electron chi connectivity index (χ2n) is 5.70. The van der Waals surface area contributed by atoms with E-state index in [0.717, 1.165) is 19.4 Å². The Morgan fingerprint density at radius 3 is 2.59 bits per heavy atom. The fraction of sp³-hybridized carbons (Fsp3) is 0.692. The Morgan fingerprint density at radius 1 is 1.29 bits per heavy atom. The molecule has 0 amide bonds. The van der Waals surface area contributed by atoms with Gasteiger partial charge in [0.1, 0.15) is 5.82 Å². The molecule has 0 aromatic carbocycles. The van der Waals surface area contributed by atoms with Gasteiger partial charge in [-0.3, -0.25) is 4.57 Å². The van der Waals surface area contributed by atoms with E-state index in [1.54, 1.807) is 16.8 Å². The third kappa shape index (κ3) is 5.52. The predicted octanol–water partition coefficient (Wildman–Crippen LogP) is 2.43. The molecule has 0 spiro atoms. The van der Waals surface area contributed by atoms with Gasteiger partial charge >= 0.3 is 5.69 Å². The average molecular weight is 237 g/mol. The molecule has 0 radical (unpaired) electrons. The molecule has 0 fully saturated rings. The van der Waals surface area contributed by atoms with E-state index in [0.29, 0.717) is 11.2 Å². The van der Waals surface area contributed by atoms with Crippen LogP contribution in [0.2, 0.25) is 0 Å². The van der Waals surface area contributed by atoms with Crippen LogP contribution in [-0.4, -0.2) is 9.55 Å². The second-order valence-corrected chi connectivity index (χ2v) is 5.70. The number of nitrogens with two attached hydrogens (primary N) is 1. The lowest BCUT2D eigenvalue weighted by Gasteiger charge is -2.17. The largest absolute Gasteiger partial charge is 0.383 e. The molecule has 0 unspecified atom stereocenters. The minimum Gasteiger partial charge on any atom is -0.383 e. The fourth-order valence-electron chi connectivity index (χ4n) is 1.73. The summed E-state index contributed by atoms with van der Waals surface area (Å²) < 4.78 is 1.62. The van der Waals surface area contributed by atoms with Crippen molar-refractivity contribution in [3.8, 4) is 0 Å². The zero-order valence-corrected chi connectivity index (χ0v) is 11.1. The van der Waals surface area contributed by atoms with Gasteiger partial charge in [0.15, 0.2) is 0 Å². The lowest BCUT2D eigenvalue weighted by atomic mass is 9.89. The molecule has 4 heteroatoms. The highest BCUT2D eigenvalue weighted by atomic mass is 16.1. The van der Waals surface area contributed by atoms with Crippen LogP contribution < -0.4 is 11.4 Å². The van der Waals surface area contributed by atoms with E-state index < -0.39 is 0 Å². The molecule has 17 heavy (non-hydrogen) atoms. The zero-order chi connectivity index (χ0) is 12.9. The molecule has 0 aliphatic heterocycles. The molecule has 2 N–H and O–H groups in total. The lowest BCUT2D eigenvalue weighted by Crippen LogP contribution is -2.23. The molecule has 0 bridgehead atoms. The first-order valence-electron chi connectivity index (χ1n) is 6.21. The molecule has 1 rings (SSSR count). The zero-order valence-electron chi connectivity index (χ0n) is 11.1. The molecule has 4 nitrogen and oxygen atoms in total. The molecule has 0 saturated heterocycles. The third-order valence-electron chi connectivity index (χ3n) is 2.72. The van der Waals surface area contributed by atoms with Crippen molar-refractivity contribution in [2.75, 3.05) is 5.73 Å². The molecule has 1 aromatic rings. The molecule has 96 valence electrons. The first-order chi connectivity index (χ1) is 7.88. The first kappa shape index (κ1) is 13.7. The van der Waals surface area contributed by atoms with Gasteiger partial charge in [-0.1, -0.05) is 33.6 Å². The van der Waals surface area contributed by atoms with Crippen LogP contribution in [0.15, 0.2) is 17.1 Å². The van der Waals surface area contributed by atoms with Crippen molar-refractivity contribution in [2.45, 2.75) is 53.0 Å². The number of aromatic nitrogens is 2. The standard InChI is InChI=1S/C13H23N3O/c1-13(2,3)8-5-4-6-9-16-10-7-11(14)15-12(16)17/h7,10H,4-6,8-9H2,1-3H3,(H2,14,15,17). The maximum Gasteiger partial charge on any atom is 0.349 e. The van der Waals surface area contributed by atoms with E-state index in [-0.39, 0.29) is 5.69 Å². The maximum atomic E-state index is 11.4. The average Bonchev–Trinajstić information content (AvgIpc) is 2.18. The molecule has 0 atom stereocenters. The van der Waals surface area contributed by atoms with Crippen molar-refractivity contribution in [2.24, 2.45) is 5.41 Å². The van der Waals surface area contributed by atoms with Gasteiger partial charge in [-0.15, -0.1) is 0 Å². The van der Waals surface area contributed by atoms with E-state index in [1.807, 2.05) is 0 Å². The monoisotopic (exact) mass is 237 g/mol. The highest BCUT2D eigenvalue weighted by Gasteiger charge is 2.08. The van der Waals surface area contributed by atoms with E-state index in [4.69, 9.17) is 5.73 Å². The molecule has 1 heterocycles. The minimum atomic E-state index is -0.249. The van der Waals surface area contributed by atoms with Gasteiger partial charge in [-0.25, -0.2) is 4.79 Å². The number of hydrogen-bond donors (Lipinski definition) is 1. The number of nitrogen functional groups attached to an aromatic ring is 1. The lowest BCUT2D eigenvalue weighted by molar-refractivity contribution is 0.355. The summed E-state index contributed by atoms with van der Waals surface area (Å²) in [5.41, 5.74) is 5.58.